The van der Waals surface area contributed by atoms with Crippen molar-refractivity contribution in [2.24, 2.45) is 0 Å². The molecule has 0 amide bonds. The van der Waals surface area contributed by atoms with Crippen LogP contribution in [0.5, 0.6) is 0 Å². The lowest BCUT2D eigenvalue weighted by molar-refractivity contribution is 0.285. The Morgan fingerprint density at radius 2 is 1.87 bits per heavy atom. The number of thioether (sulfide) groups is 1. The minimum atomic E-state index is -3.73. The van der Waals surface area contributed by atoms with Crippen LogP contribution in [0.4, 0.5) is 0 Å². The van der Waals surface area contributed by atoms with E-state index in [1.54, 1.807) is 30.5 Å². The van der Waals surface area contributed by atoms with Gasteiger partial charge >= 0.3 is 7.60 Å². The Balaban J connectivity index is 2.89. The van der Waals surface area contributed by atoms with Gasteiger partial charge in [0, 0.05) is 24.7 Å². The van der Waals surface area contributed by atoms with E-state index in [0.29, 0.717) is 10.5 Å². The lowest BCUT2D eigenvalue weighted by Crippen LogP contribution is -2.29. The molecular weight excluding hydrogens is 335 g/mol. The minimum Gasteiger partial charge on any atom is -0.437 e. The minimum absolute atomic E-state index is 0.0359. The Labute approximate surface area is 138 Å². The molecule has 1 heterocycles. The second kappa shape index (κ2) is 7.16. The maximum Gasteiger partial charge on any atom is 0.367 e. The van der Waals surface area contributed by atoms with Gasteiger partial charge in [-0.25, -0.2) is 0 Å². The Morgan fingerprint density at radius 1 is 1.26 bits per heavy atom. The first-order valence-electron chi connectivity index (χ1n) is 6.49. The fourth-order valence-electron chi connectivity index (χ4n) is 2.12. The molecule has 1 aromatic carbocycles. The largest absolute Gasteiger partial charge is 0.437 e. The van der Waals surface area contributed by atoms with Gasteiger partial charge in [-0.1, -0.05) is 30.3 Å². The third kappa shape index (κ3) is 3.12. The summed E-state index contributed by atoms with van der Waals surface area (Å²) in [5, 5.41) is 17.6. The molecule has 0 aliphatic rings. The molecule has 1 aromatic heterocycles. The van der Waals surface area contributed by atoms with Crippen LogP contribution in [0.15, 0.2) is 39.6 Å². The fourth-order valence-corrected chi connectivity index (χ4v) is 4.53. The number of hydrogen-bond donors (Lipinski definition) is 1. The normalized spacial score (nSPS) is 11.2. The summed E-state index contributed by atoms with van der Waals surface area (Å²) in [6.07, 6.45) is 1.73. The van der Waals surface area contributed by atoms with E-state index < -0.39 is 7.60 Å². The van der Waals surface area contributed by atoms with Crippen LogP contribution in [0, 0.1) is 16.7 Å². The molecule has 1 N–H and O–H groups in total. The molecule has 0 aliphatic carbocycles. The van der Waals surface area contributed by atoms with E-state index in [1.807, 2.05) is 6.07 Å². The summed E-state index contributed by atoms with van der Waals surface area (Å²) in [5.41, 5.74) is 0.507. The summed E-state index contributed by atoms with van der Waals surface area (Å²) >= 11 is 1.19. The van der Waals surface area contributed by atoms with Gasteiger partial charge in [0.2, 0.25) is 5.55 Å². The molecule has 0 spiro atoms. The lowest BCUT2D eigenvalue weighted by atomic mass is 10.1. The zero-order valence-electron chi connectivity index (χ0n) is 12.8. The molecular formula is C15H15N2O4PS. The molecule has 8 heteroatoms. The van der Waals surface area contributed by atoms with Gasteiger partial charge in [0.1, 0.15) is 16.9 Å². The average Bonchev–Trinajstić information content (AvgIpc) is 2.60. The number of nitriles is 1. The summed E-state index contributed by atoms with van der Waals surface area (Å²) in [4.78, 5) is 0.356. The van der Waals surface area contributed by atoms with Gasteiger partial charge < -0.3 is 13.5 Å². The molecule has 0 bridgehead atoms. The van der Waals surface area contributed by atoms with E-state index in [2.05, 4.69) is 6.07 Å². The van der Waals surface area contributed by atoms with Gasteiger partial charge in [0.25, 0.3) is 0 Å². The predicted octanol–water partition coefficient (Wildman–Crippen LogP) is 3.13. The Bertz CT molecular complexity index is 850. The van der Waals surface area contributed by atoms with E-state index in [1.165, 1.54) is 26.0 Å². The summed E-state index contributed by atoms with van der Waals surface area (Å²) in [5.74, 6) is 0.255. The van der Waals surface area contributed by atoms with Crippen molar-refractivity contribution >= 4 is 24.7 Å². The molecule has 0 saturated heterocycles. The van der Waals surface area contributed by atoms with Crippen molar-refractivity contribution in [3.63, 3.8) is 0 Å². The molecule has 0 atom stereocenters. The van der Waals surface area contributed by atoms with Gasteiger partial charge in [-0.05, 0) is 6.26 Å². The summed E-state index contributed by atoms with van der Waals surface area (Å²) in [6, 6.07) is 11.1. The first-order valence-corrected chi connectivity index (χ1v) is 9.26. The first-order chi connectivity index (χ1) is 11.0. The van der Waals surface area contributed by atoms with Crippen LogP contribution >= 0.6 is 19.4 Å². The van der Waals surface area contributed by atoms with Crippen molar-refractivity contribution < 1.29 is 18.0 Å². The zero-order valence-corrected chi connectivity index (χ0v) is 14.5. The number of hydrogen-bond acceptors (Lipinski definition) is 7. The van der Waals surface area contributed by atoms with Crippen molar-refractivity contribution in [3.8, 4) is 17.4 Å². The van der Waals surface area contributed by atoms with Crippen LogP contribution in [0.2, 0.25) is 0 Å². The molecule has 2 aromatic rings. The van der Waals surface area contributed by atoms with Crippen LogP contribution in [0.25, 0.3) is 11.3 Å². The van der Waals surface area contributed by atoms with E-state index in [9.17, 15) is 9.83 Å². The van der Waals surface area contributed by atoms with Crippen LogP contribution in [0.1, 0.15) is 5.56 Å². The molecule has 0 saturated carbocycles. The third-order valence-corrected chi connectivity index (χ3v) is 6.10. The number of nitrogens with one attached hydrogen (secondary N) is 1. The number of benzene rings is 1. The maximum absolute atomic E-state index is 12.7. The standard InChI is InChI=1S/C15H15N2O4PS/c1-19-22(18,20-2)13-14(23-3)11(9-16)12(21-15(13)17)10-7-5-4-6-8-10/h4-8,17H,1-3H3. The molecule has 0 radical (unpaired) electrons. The highest BCUT2D eigenvalue weighted by Gasteiger charge is 2.34. The van der Waals surface area contributed by atoms with E-state index in [-0.39, 0.29) is 22.2 Å². The molecule has 2 rings (SSSR count). The lowest BCUT2D eigenvalue weighted by Gasteiger charge is -2.18. The first kappa shape index (κ1) is 17.5. The Hall–Kier alpha value is -1.84. The average molecular weight is 350 g/mol. The highest BCUT2D eigenvalue weighted by molar-refractivity contribution is 7.99. The van der Waals surface area contributed by atoms with E-state index >= 15 is 0 Å². The van der Waals surface area contributed by atoms with Crippen LogP contribution < -0.4 is 10.9 Å². The van der Waals surface area contributed by atoms with Gasteiger partial charge in [-0.2, -0.15) is 5.26 Å². The van der Waals surface area contributed by atoms with Crippen molar-refractivity contribution in [1.29, 1.82) is 10.7 Å². The highest BCUT2D eigenvalue weighted by Crippen LogP contribution is 2.47. The monoisotopic (exact) mass is 350 g/mol. The molecule has 120 valence electrons. The Kier molecular flexibility index (Phi) is 5.45. The zero-order chi connectivity index (χ0) is 17.0. The van der Waals surface area contributed by atoms with Gasteiger partial charge in [0.05, 0.1) is 0 Å². The predicted molar refractivity (Wildman–Crippen MR) is 87.8 cm³/mol. The molecule has 6 nitrogen and oxygen atoms in total. The topological polar surface area (TPSA) is 96.3 Å². The molecule has 23 heavy (non-hydrogen) atoms. The van der Waals surface area contributed by atoms with Crippen molar-refractivity contribution in [1.82, 2.24) is 0 Å². The molecule has 0 unspecified atom stereocenters. The second-order valence-corrected chi connectivity index (χ2v) is 7.35. The third-order valence-electron chi connectivity index (χ3n) is 3.19. The second-order valence-electron chi connectivity index (χ2n) is 4.36. The maximum atomic E-state index is 12.7. The molecule has 0 fully saturated rings. The Morgan fingerprint density at radius 3 is 2.35 bits per heavy atom. The quantitative estimate of drug-likeness (QED) is 0.657. The highest BCUT2D eigenvalue weighted by atomic mass is 32.2. The van der Waals surface area contributed by atoms with Gasteiger partial charge in [-0.15, -0.1) is 11.8 Å². The summed E-state index contributed by atoms with van der Waals surface area (Å²) in [7, 11) is -1.28. The van der Waals surface area contributed by atoms with E-state index in [4.69, 9.17) is 18.9 Å². The van der Waals surface area contributed by atoms with Crippen LogP contribution in [-0.2, 0) is 13.6 Å². The summed E-state index contributed by atoms with van der Waals surface area (Å²) < 4.78 is 28.2. The number of rotatable bonds is 5. The van der Waals surface area contributed by atoms with Crippen LogP contribution in [-0.4, -0.2) is 20.5 Å². The summed E-state index contributed by atoms with van der Waals surface area (Å²) in [6.45, 7) is 0. The van der Waals surface area contributed by atoms with Crippen LogP contribution in [0.3, 0.4) is 0 Å². The fraction of sp³-hybridized carbons (Fsp3) is 0.200. The van der Waals surface area contributed by atoms with Crippen molar-refractivity contribution in [2.45, 2.75) is 4.90 Å². The smallest absolute Gasteiger partial charge is 0.367 e. The van der Waals surface area contributed by atoms with Crippen molar-refractivity contribution in [2.75, 3.05) is 20.5 Å². The van der Waals surface area contributed by atoms with Gasteiger partial charge in [0.15, 0.2) is 5.76 Å². The number of nitrogens with zero attached hydrogens (tertiary/aromatic N) is 1. The van der Waals surface area contributed by atoms with Gasteiger partial charge in [-0.3, -0.25) is 9.97 Å². The SMILES string of the molecule is COP(=O)(OC)c1c(SC)c(C#N)c(-c2ccccc2)oc1=N. The van der Waals surface area contributed by atoms with E-state index in [0.717, 1.165) is 0 Å². The van der Waals surface area contributed by atoms with Crippen molar-refractivity contribution in [3.05, 3.63) is 41.4 Å². The molecule has 0 aliphatic heterocycles.